The van der Waals surface area contributed by atoms with Crippen LogP contribution in [0.25, 0.3) is 0 Å². The van der Waals surface area contributed by atoms with E-state index in [1.807, 2.05) is 0 Å². The van der Waals surface area contributed by atoms with Crippen molar-refractivity contribution in [2.24, 2.45) is 22.2 Å². The second-order valence-corrected chi connectivity index (χ2v) is 7.47. The van der Waals surface area contributed by atoms with Crippen molar-refractivity contribution in [2.45, 2.75) is 63.2 Å². The topological polar surface area (TPSA) is 244 Å². The Hall–Kier alpha value is -3.42. The molecule has 0 aromatic rings. The predicted molar refractivity (Wildman–Crippen MR) is 112 cm³/mol. The van der Waals surface area contributed by atoms with Crippen molar-refractivity contribution in [1.82, 2.24) is 15.5 Å². The zero-order valence-corrected chi connectivity index (χ0v) is 17.8. The van der Waals surface area contributed by atoms with Gasteiger partial charge in [-0.25, -0.2) is 0 Å². The summed E-state index contributed by atoms with van der Waals surface area (Å²) in [6, 6.07) is -4.59. The van der Waals surface area contributed by atoms with E-state index < -0.39 is 60.2 Å². The van der Waals surface area contributed by atoms with Crippen LogP contribution in [0.2, 0.25) is 0 Å². The monoisotopic (exact) mass is 457 g/mol. The lowest BCUT2D eigenvalue weighted by molar-refractivity contribution is -0.144. The van der Waals surface area contributed by atoms with Gasteiger partial charge in [-0.1, -0.05) is 0 Å². The lowest BCUT2D eigenvalue weighted by Crippen LogP contribution is -2.56. The molecule has 1 heterocycles. The van der Waals surface area contributed by atoms with Crippen LogP contribution in [0, 0.1) is 0 Å². The molecule has 14 nitrogen and oxygen atoms in total. The molecule has 0 aromatic carbocycles. The summed E-state index contributed by atoms with van der Waals surface area (Å²) in [7, 11) is 0. The van der Waals surface area contributed by atoms with E-state index in [0.717, 1.165) is 0 Å². The van der Waals surface area contributed by atoms with Crippen molar-refractivity contribution in [3.8, 4) is 0 Å². The quantitative estimate of drug-likeness (QED) is 0.0884. The number of hydrogen-bond acceptors (Lipinski definition) is 7. The summed E-state index contributed by atoms with van der Waals surface area (Å²) in [6.07, 6.45) is 0.826. The van der Waals surface area contributed by atoms with E-state index in [4.69, 9.17) is 27.4 Å². The van der Waals surface area contributed by atoms with Crippen LogP contribution in [0.3, 0.4) is 0 Å². The smallest absolute Gasteiger partial charge is 0.325 e. The molecule has 1 aliphatic heterocycles. The minimum atomic E-state index is -1.51. The maximum Gasteiger partial charge on any atom is 0.325 e. The van der Waals surface area contributed by atoms with Gasteiger partial charge in [-0.15, -0.1) is 0 Å². The average Bonchev–Trinajstić information content (AvgIpc) is 3.19. The van der Waals surface area contributed by atoms with Crippen molar-refractivity contribution in [3.05, 3.63) is 0 Å². The van der Waals surface area contributed by atoms with Crippen LogP contribution >= 0.6 is 0 Å². The molecular formula is C18H31N7O7. The molecular weight excluding hydrogens is 426 g/mol. The van der Waals surface area contributed by atoms with E-state index in [9.17, 15) is 24.0 Å². The van der Waals surface area contributed by atoms with Crippen LogP contribution in [-0.4, -0.2) is 88.0 Å². The summed E-state index contributed by atoms with van der Waals surface area (Å²) in [5.74, 6) is -4.88. The lowest BCUT2D eigenvalue weighted by atomic mass is 10.1. The van der Waals surface area contributed by atoms with Crippen LogP contribution in [0.15, 0.2) is 4.99 Å². The molecule has 0 aromatic heterocycles. The molecule has 0 spiro atoms. The van der Waals surface area contributed by atoms with Gasteiger partial charge in [0.25, 0.3) is 0 Å². The first-order chi connectivity index (χ1) is 14.9. The summed E-state index contributed by atoms with van der Waals surface area (Å²) in [6.45, 7) is 1.78. The number of nitrogens with zero attached hydrogens (tertiary/aromatic N) is 2. The third-order valence-corrected chi connectivity index (χ3v) is 4.86. The molecule has 1 fully saturated rings. The summed E-state index contributed by atoms with van der Waals surface area (Å²) in [4.78, 5) is 64.9. The Morgan fingerprint density at radius 2 is 1.81 bits per heavy atom. The van der Waals surface area contributed by atoms with Gasteiger partial charge in [0.05, 0.1) is 12.5 Å². The standard InChI is InChI=1S/C18H31N7O7/c1-9(17(31)32)23-14(28)11(8-13(26)27)24-15(29)12-5-3-7-25(12)16(30)10(19)4-2-6-22-18(20)21/h9-12H,2-8,19H2,1H3,(H,23,28)(H,24,29)(H,26,27)(H,31,32)(H4,20,21,22). The number of carboxylic acid groups (broad SMARTS) is 2. The number of aliphatic carboxylic acids is 2. The minimum absolute atomic E-state index is 0.0705. The number of nitrogens with one attached hydrogen (secondary N) is 2. The average molecular weight is 457 g/mol. The maximum atomic E-state index is 12.8. The highest BCUT2D eigenvalue weighted by molar-refractivity contribution is 5.95. The van der Waals surface area contributed by atoms with Gasteiger partial charge >= 0.3 is 11.9 Å². The molecule has 4 unspecified atom stereocenters. The number of aliphatic imine (C=N–C) groups is 1. The lowest BCUT2D eigenvalue weighted by Gasteiger charge is -2.28. The maximum absolute atomic E-state index is 12.8. The van der Waals surface area contributed by atoms with Gasteiger partial charge in [0.2, 0.25) is 17.7 Å². The van der Waals surface area contributed by atoms with Gasteiger partial charge in [0.1, 0.15) is 18.1 Å². The molecule has 14 heteroatoms. The highest BCUT2D eigenvalue weighted by atomic mass is 16.4. The van der Waals surface area contributed by atoms with Crippen molar-refractivity contribution in [3.63, 3.8) is 0 Å². The number of likely N-dealkylation sites (tertiary alicyclic amines) is 1. The molecule has 10 N–H and O–H groups in total. The molecule has 180 valence electrons. The van der Waals surface area contributed by atoms with Crippen LogP contribution in [-0.2, 0) is 24.0 Å². The van der Waals surface area contributed by atoms with Crippen molar-refractivity contribution < 1.29 is 34.2 Å². The third kappa shape index (κ3) is 8.37. The Labute approximate surface area is 184 Å². The van der Waals surface area contributed by atoms with E-state index in [1.54, 1.807) is 0 Å². The van der Waals surface area contributed by atoms with Crippen molar-refractivity contribution in [1.29, 1.82) is 0 Å². The van der Waals surface area contributed by atoms with Gasteiger partial charge in [-0.05, 0) is 32.6 Å². The van der Waals surface area contributed by atoms with E-state index in [-0.39, 0.29) is 18.9 Å². The number of hydrogen-bond donors (Lipinski definition) is 7. The molecule has 0 radical (unpaired) electrons. The Kier molecular flexibility index (Phi) is 10.3. The fourth-order valence-electron chi connectivity index (χ4n) is 3.19. The number of rotatable bonds is 12. The van der Waals surface area contributed by atoms with Gasteiger partial charge in [0, 0.05) is 13.1 Å². The van der Waals surface area contributed by atoms with E-state index >= 15 is 0 Å². The first-order valence-electron chi connectivity index (χ1n) is 10.1. The van der Waals surface area contributed by atoms with Crippen LogP contribution in [0.1, 0.15) is 39.0 Å². The molecule has 1 aliphatic rings. The van der Waals surface area contributed by atoms with E-state index in [1.165, 1.54) is 11.8 Å². The number of amides is 3. The van der Waals surface area contributed by atoms with Gasteiger partial charge in [-0.2, -0.15) is 0 Å². The second kappa shape index (κ2) is 12.4. The minimum Gasteiger partial charge on any atom is -0.481 e. The first kappa shape index (κ1) is 26.6. The molecule has 0 bridgehead atoms. The van der Waals surface area contributed by atoms with Gasteiger partial charge in [0.15, 0.2) is 5.96 Å². The summed E-state index contributed by atoms with van der Waals surface area (Å²) in [5.41, 5.74) is 16.4. The Bertz CT molecular complexity index is 754. The zero-order chi connectivity index (χ0) is 24.4. The van der Waals surface area contributed by atoms with Gasteiger partial charge < -0.3 is 42.9 Å². The second-order valence-electron chi connectivity index (χ2n) is 7.47. The number of carboxylic acids is 2. The largest absolute Gasteiger partial charge is 0.481 e. The van der Waals surface area contributed by atoms with Crippen LogP contribution in [0.4, 0.5) is 0 Å². The van der Waals surface area contributed by atoms with Crippen LogP contribution in [0.5, 0.6) is 0 Å². The van der Waals surface area contributed by atoms with Crippen molar-refractivity contribution in [2.75, 3.05) is 13.1 Å². The third-order valence-electron chi connectivity index (χ3n) is 4.86. The molecule has 0 aliphatic carbocycles. The summed E-state index contributed by atoms with van der Waals surface area (Å²) < 4.78 is 0. The van der Waals surface area contributed by atoms with E-state index in [2.05, 4.69) is 15.6 Å². The molecule has 0 saturated carbocycles. The molecule has 3 amide bonds. The highest BCUT2D eigenvalue weighted by Gasteiger charge is 2.38. The number of guanidine groups is 1. The molecule has 1 saturated heterocycles. The summed E-state index contributed by atoms with van der Waals surface area (Å²) in [5, 5.41) is 22.4. The predicted octanol–water partition coefficient (Wildman–Crippen LogP) is -3.09. The van der Waals surface area contributed by atoms with Gasteiger partial charge in [-0.3, -0.25) is 29.0 Å². The Balaban J connectivity index is 2.78. The fraction of sp³-hybridized carbons (Fsp3) is 0.667. The molecule has 1 rings (SSSR count). The van der Waals surface area contributed by atoms with E-state index in [0.29, 0.717) is 25.8 Å². The van der Waals surface area contributed by atoms with Crippen LogP contribution < -0.4 is 27.8 Å². The first-order valence-corrected chi connectivity index (χ1v) is 10.1. The summed E-state index contributed by atoms with van der Waals surface area (Å²) >= 11 is 0. The fourth-order valence-corrected chi connectivity index (χ4v) is 3.19. The molecule has 4 atom stereocenters. The normalized spacial score (nSPS) is 18.2. The Morgan fingerprint density at radius 1 is 1.16 bits per heavy atom. The molecule has 32 heavy (non-hydrogen) atoms. The number of carbonyl (C=O) groups excluding carboxylic acids is 3. The highest BCUT2D eigenvalue weighted by Crippen LogP contribution is 2.19. The number of carbonyl (C=O) groups is 5. The zero-order valence-electron chi connectivity index (χ0n) is 17.8. The Morgan fingerprint density at radius 3 is 2.38 bits per heavy atom. The number of nitrogens with two attached hydrogens (primary N) is 3. The SMILES string of the molecule is CC(NC(=O)C(CC(=O)O)NC(=O)C1CCCN1C(=O)C(N)CCCN=C(N)N)C(=O)O. The van der Waals surface area contributed by atoms with Crippen molar-refractivity contribution >= 4 is 35.6 Å².